The summed E-state index contributed by atoms with van der Waals surface area (Å²) in [5.74, 6) is -6.88. The second-order valence-corrected chi connectivity index (χ2v) is 5.94. The lowest BCUT2D eigenvalue weighted by molar-refractivity contribution is -0.163. The van der Waals surface area contributed by atoms with Crippen LogP contribution in [0.5, 0.6) is 0 Å². The minimum absolute atomic E-state index is 0.381. The Morgan fingerprint density at radius 1 is 0.931 bits per heavy atom. The highest BCUT2D eigenvalue weighted by atomic mass is 19.4. The molecule has 0 aromatic heterocycles. The predicted octanol–water partition coefficient (Wildman–Crippen LogP) is 1.58. The summed E-state index contributed by atoms with van der Waals surface area (Å²) in [5, 5.41) is 2.20. The zero-order chi connectivity index (χ0) is 22.4. The highest BCUT2D eigenvalue weighted by Gasteiger charge is 2.42. The van der Waals surface area contributed by atoms with Crippen molar-refractivity contribution < 1.29 is 46.6 Å². The van der Waals surface area contributed by atoms with Crippen LogP contribution in [0, 0.1) is 11.8 Å². The topological polar surface area (TPSA) is 108 Å². The number of hydrogen-bond donors (Lipinski definition) is 1. The van der Waals surface area contributed by atoms with Crippen molar-refractivity contribution in [2.24, 2.45) is 11.8 Å². The van der Waals surface area contributed by atoms with E-state index in [4.69, 9.17) is 0 Å². The van der Waals surface area contributed by atoms with Crippen LogP contribution in [0.2, 0.25) is 0 Å². The fraction of sp³-hybridized carbons (Fsp3) is 0.444. The van der Waals surface area contributed by atoms with Gasteiger partial charge in [-0.15, -0.1) is 0 Å². The maximum absolute atomic E-state index is 12.9. The molecule has 0 saturated heterocycles. The van der Waals surface area contributed by atoms with Gasteiger partial charge in [-0.05, 0) is 18.2 Å². The molecule has 11 heteroatoms. The van der Waals surface area contributed by atoms with Gasteiger partial charge in [0.1, 0.15) is 6.04 Å². The van der Waals surface area contributed by atoms with Crippen molar-refractivity contribution in [1.82, 2.24) is 5.32 Å². The van der Waals surface area contributed by atoms with Gasteiger partial charge in [-0.1, -0.05) is 13.0 Å². The average molecular weight is 419 g/mol. The molecule has 0 bridgehead atoms. The lowest BCUT2D eigenvalue weighted by atomic mass is 9.87. The number of amides is 1. The van der Waals surface area contributed by atoms with E-state index in [1.54, 1.807) is 0 Å². The van der Waals surface area contributed by atoms with Crippen LogP contribution >= 0.6 is 0 Å². The molecular weight excluding hydrogens is 399 g/mol. The SMILES string of the molecule is COC(=O)C(C(=O)OC)[C@@H](C)[C@@H](NC(=O)c1cccc(C(F)(F)F)c1)C(=O)OC. The number of ether oxygens (including phenoxy) is 3. The van der Waals surface area contributed by atoms with Crippen LogP contribution in [-0.2, 0) is 34.8 Å². The zero-order valence-corrected chi connectivity index (χ0v) is 16.0. The molecule has 0 aliphatic carbocycles. The third-order valence-electron chi connectivity index (χ3n) is 4.16. The third kappa shape index (κ3) is 5.93. The lowest BCUT2D eigenvalue weighted by Gasteiger charge is -2.27. The largest absolute Gasteiger partial charge is 0.468 e. The Morgan fingerprint density at radius 3 is 1.90 bits per heavy atom. The summed E-state index contributed by atoms with van der Waals surface area (Å²) < 4.78 is 52.2. The van der Waals surface area contributed by atoms with E-state index in [9.17, 15) is 32.3 Å². The van der Waals surface area contributed by atoms with Crippen molar-refractivity contribution in [3.63, 3.8) is 0 Å². The number of esters is 3. The smallest absolute Gasteiger partial charge is 0.416 e. The highest BCUT2D eigenvalue weighted by Crippen LogP contribution is 2.29. The lowest BCUT2D eigenvalue weighted by Crippen LogP contribution is -2.51. The number of halogens is 3. The molecule has 160 valence electrons. The van der Waals surface area contributed by atoms with Gasteiger partial charge in [-0.2, -0.15) is 13.2 Å². The van der Waals surface area contributed by atoms with Gasteiger partial charge in [0.15, 0.2) is 5.92 Å². The van der Waals surface area contributed by atoms with Crippen molar-refractivity contribution in [3.8, 4) is 0 Å². The first-order chi connectivity index (χ1) is 13.5. The second-order valence-electron chi connectivity index (χ2n) is 5.94. The molecule has 0 fully saturated rings. The molecule has 2 atom stereocenters. The summed E-state index contributed by atoms with van der Waals surface area (Å²) in [6.45, 7) is 1.28. The molecular formula is C18H20F3NO7. The molecule has 0 aliphatic heterocycles. The number of nitrogens with one attached hydrogen (secondary N) is 1. The van der Waals surface area contributed by atoms with Gasteiger partial charge in [0.2, 0.25) is 0 Å². The molecule has 8 nitrogen and oxygen atoms in total. The molecule has 0 saturated carbocycles. The molecule has 1 rings (SSSR count). The maximum Gasteiger partial charge on any atom is 0.416 e. The van der Waals surface area contributed by atoms with Crippen molar-refractivity contribution in [2.75, 3.05) is 21.3 Å². The van der Waals surface area contributed by atoms with Crippen molar-refractivity contribution in [3.05, 3.63) is 35.4 Å². The monoisotopic (exact) mass is 419 g/mol. The van der Waals surface area contributed by atoms with E-state index < -0.39 is 53.4 Å². The van der Waals surface area contributed by atoms with E-state index >= 15 is 0 Å². The van der Waals surface area contributed by atoms with Crippen LogP contribution in [0.1, 0.15) is 22.8 Å². The van der Waals surface area contributed by atoms with E-state index in [1.165, 1.54) is 6.92 Å². The van der Waals surface area contributed by atoms with E-state index in [1.807, 2.05) is 0 Å². The average Bonchev–Trinajstić information content (AvgIpc) is 2.70. The normalized spacial score (nSPS) is 13.2. The Balaban J connectivity index is 3.22. The van der Waals surface area contributed by atoms with Crippen molar-refractivity contribution >= 4 is 23.8 Å². The van der Waals surface area contributed by atoms with Crippen LogP contribution in [0.3, 0.4) is 0 Å². The number of hydrogen-bond acceptors (Lipinski definition) is 7. The summed E-state index contributed by atoms with van der Waals surface area (Å²) >= 11 is 0. The van der Waals surface area contributed by atoms with Gasteiger partial charge in [0, 0.05) is 11.5 Å². The maximum atomic E-state index is 12.9. The fourth-order valence-electron chi connectivity index (χ4n) is 2.57. The Labute approximate surface area is 164 Å². The van der Waals surface area contributed by atoms with Gasteiger partial charge in [-0.25, -0.2) is 4.79 Å². The zero-order valence-electron chi connectivity index (χ0n) is 16.0. The minimum atomic E-state index is -4.67. The number of rotatable bonds is 7. The standard InChI is InChI=1S/C18H20F3NO7/c1-9(12(15(24)27-2)16(25)28-3)13(17(26)29-4)22-14(23)10-6-5-7-11(8-10)18(19,20)21/h5-9,12-13H,1-4H3,(H,22,23)/t9-,13-/m1/s1. The Bertz CT molecular complexity index is 763. The van der Waals surface area contributed by atoms with Gasteiger partial charge in [0.05, 0.1) is 26.9 Å². The van der Waals surface area contributed by atoms with E-state index in [0.717, 1.165) is 39.5 Å². The van der Waals surface area contributed by atoms with Gasteiger partial charge in [-0.3, -0.25) is 14.4 Å². The highest BCUT2D eigenvalue weighted by molar-refractivity contribution is 5.99. The van der Waals surface area contributed by atoms with Crippen LogP contribution in [0.4, 0.5) is 13.2 Å². The third-order valence-corrected chi connectivity index (χ3v) is 4.16. The first-order valence-corrected chi connectivity index (χ1v) is 8.19. The van der Waals surface area contributed by atoms with Gasteiger partial charge >= 0.3 is 24.1 Å². The molecule has 0 heterocycles. The Kier molecular flexibility index (Phi) is 8.16. The van der Waals surface area contributed by atoms with Gasteiger partial charge in [0.25, 0.3) is 5.91 Å². The van der Waals surface area contributed by atoms with E-state index in [2.05, 4.69) is 19.5 Å². The summed E-state index contributed by atoms with van der Waals surface area (Å²) in [5.41, 5.74) is -1.44. The Hall–Kier alpha value is -3.11. The first-order valence-electron chi connectivity index (χ1n) is 8.19. The molecule has 1 amide bonds. The molecule has 0 unspecified atom stereocenters. The van der Waals surface area contributed by atoms with Crippen LogP contribution in [0.25, 0.3) is 0 Å². The molecule has 1 aromatic rings. The molecule has 0 aliphatic rings. The summed E-state index contributed by atoms with van der Waals surface area (Å²) in [6.07, 6.45) is -4.67. The van der Waals surface area contributed by atoms with E-state index in [-0.39, 0.29) is 5.56 Å². The summed E-state index contributed by atoms with van der Waals surface area (Å²) in [7, 11) is 3.03. The van der Waals surface area contributed by atoms with Crippen LogP contribution in [0.15, 0.2) is 24.3 Å². The van der Waals surface area contributed by atoms with Gasteiger partial charge < -0.3 is 19.5 Å². The number of carbonyl (C=O) groups is 4. The fourth-order valence-corrected chi connectivity index (χ4v) is 2.57. The van der Waals surface area contributed by atoms with Crippen molar-refractivity contribution in [1.29, 1.82) is 0 Å². The van der Waals surface area contributed by atoms with E-state index in [0.29, 0.717) is 6.07 Å². The first kappa shape index (κ1) is 23.9. The number of benzene rings is 1. The molecule has 1 aromatic carbocycles. The van der Waals surface area contributed by atoms with Crippen LogP contribution < -0.4 is 5.32 Å². The number of methoxy groups -OCH3 is 3. The Morgan fingerprint density at radius 2 is 1.45 bits per heavy atom. The number of carbonyl (C=O) groups excluding carboxylic acids is 4. The quantitative estimate of drug-likeness (QED) is 0.406. The summed E-state index contributed by atoms with van der Waals surface area (Å²) in [4.78, 5) is 48.5. The molecule has 29 heavy (non-hydrogen) atoms. The minimum Gasteiger partial charge on any atom is -0.468 e. The molecule has 0 spiro atoms. The summed E-state index contributed by atoms with van der Waals surface area (Å²) in [6, 6.07) is 1.97. The van der Waals surface area contributed by atoms with Crippen LogP contribution in [-0.4, -0.2) is 51.2 Å². The second kappa shape index (κ2) is 9.89. The molecule has 0 radical (unpaired) electrons. The number of alkyl halides is 3. The molecule has 1 N–H and O–H groups in total. The van der Waals surface area contributed by atoms with Crippen molar-refractivity contribution in [2.45, 2.75) is 19.1 Å². The predicted molar refractivity (Wildman–Crippen MR) is 91.4 cm³/mol.